The minimum Gasteiger partial charge on any atom is -0.223 e. The second-order valence-corrected chi connectivity index (χ2v) is 4.60. The standard InChI is InChI=1S/C13H21N5/c1-2-4-6-9-12(8-5-3-1)13-10-7-11-14-16-18-17-15-13/h3,5,8H,1-2,4,6-7,9-11H2,(H,14,18)(H,16,17)/b5-3+,12-8-,15-13-. The molecule has 1 heterocycles. The Bertz CT molecular complexity index is 332. The lowest BCUT2D eigenvalue weighted by Gasteiger charge is -2.08. The van der Waals surface area contributed by atoms with Crippen LogP contribution in [0.15, 0.2) is 39.3 Å². The molecule has 2 N–H and O–H groups in total. The van der Waals surface area contributed by atoms with Gasteiger partial charge in [0.1, 0.15) is 0 Å². The summed E-state index contributed by atoms with van der Waals surface area (Å²) in [4.78, 5) is 0. The summed E-state index contributed by atoms with van der Waals surface area (Å²) in [5, 5.41) is 11.8. The Morgan fingerprint density at radius 3 is 3.06 bits per heavy atom. The summed E-state index contributed by atoms with van der Waals surface area (Å²) >= 11 is 0. The summed E-state index contributed by atoms with van der Waals surface area (Å²) in [6.45, 7) is 0.876. The van der Waals surface area contributed by atoms with Gasteiger partial charge in [0.25, 0.3) is 0 Å². The van der Waals surface area contributed by atoms with E-state index in [1.807, 2.05) is 0 Å². The molecule has 5 nitrogen and oxygen atoms in total. The van der Waals surface area contributed by atoms with Crippen LogP contribution in [0.2, 0.25) is 0 Å². The average molecular weight is 247 g/mol. The highest BCUT2D eigenvalue weighted by Gasteiger charge is 2.08. The Morgan fingerprint density at radius 1 is 1.06 bits per heavy atom. The van der Waals surface area contributed by atoms with Crippen LogP contribution in [0.3, 0.4) is 0 Å². The van der Waals surface area contributed by atoms with Crippen molar-refractivity contribution >= 4 is 5.71 Å². The lowest BCUT2D eigenvalue weighted by Crippen LogP contribution is -2.27. The molecule has 0 saturated heterocycles. The van der Waals surface area contributed by atoms with E-state index in [2.05, 4.69) is 44.7 Å². The number of nitrogens with zero attached hydrogens (tertiary/aromatic N) is 3. The van der Waals surface area contributed by atoms with Gasteiger partial charge in [-0.15, -0.1) is 5.10 Å². The lowest BCUT2D eigenvalue weighted by molar-refractivity contribution is 0.525. The molecule has 0 aromatic rings. The first-order chi connectivity index (χ1) is 8.97. The van der Waals surface area contributed by atoms with Crippen molar-refractivity contribution in [2.75, 3.05) is 6.54 Å². The van der Waals surface area contributed by atoms with Crippen molar-refractivity contribution in [3.63, 3.8) is 0 Å². The van der Waals surface area contributed by atoms with E-state index < -0.39 is 0 Å². The highest BCUT2D eigenvalue weighted by atomic mass is 15.7. The van der Waals surface area contributed by atoms with Gasteiger partial charge in [0.2, 0.25) is 0 Å². The van der Waals surface area contributed by atoms with Crippen molar-refractivity contribution in [3.8, 4) is 0 Å². The van der Waals surface area contributed by atoms with Gasteiger partial charge in [0.15, 0.2) is 0 Å². The number of hydrogen-bond acceptors (Lipinski definition) is 5. The van der Waals surface area contributed by atoms with Gasteiger partial charge in [0.05, 0.1) is 5.71 Å². The Hall–Kier alpha value is -1.49. The summed E-state index contributed by atoms with van der Waals surface area (Å²) in [6, 6.07) is 0. The zero-order chi connectivity index (χ0) is 12.5. The lowest BCUT2D eigenvalue weighted by atomic mass is 9.99. The van der Waals surface area contributed by atoms with Gasteiger partial charge in [-0.2, -0.15) is 0 Å². The third kappa shape index (κ3) is 4.41. The van der Waals surface area contributed by atoms with Gasteiger partial charge in [-0.05, 0) is 54.5 Å². The van der Waals surface area contributed by atoms with Gasteiger partial charge in [-0.1, -0.05) is 24.6 Å². The zero-order valence-corrected chi connectivity index (χ0v) is 10.7. The first-order valence-electron chi connectivity index (χ1n) is 6.77. The zero-order valence-electron chi connectivity index (χ0n) is 10.7. The summed E-state index contributed by atoms with van der Waals surface area (Å²) in [7, 11) is 0. The Labute approximate surface area is 108 Å². The maximum atomic E-state index is 4.24. The fourth-order valence-corrected chi connectivity index (χ4v) is 2.17. The Balaban J connectivity index is 2.09. The van der Waals surface area contributed by atoms with Crippen LogP contribution in [-0.2, 0) is 0 Å². The number of hydrogen-bond donors (Lipinski definition) is 2. The van der Waals surface area contributed by atoms with Crippen molar-refractivity contribution in [1.29, 1.82) is 0 Å². The van der Waals surface area contributed by atoms with Crippen molar-refractivity contribution in [3.05, 3.63) is 23.8 Å². The van der Waals surface area contributed by atoms with E-state index in [1.54, 1.807) is 0 Å². The van der Waals surface area contributed by atoms with E-state index in [4.69, 9.17) is 0 Å². The predicted octanol–water partition coefficient (Wildman–Crippen LogP) is 3.04. The average Bonchev–Trinajstić information content (AvgIpc) is 2.61. The smallest absolute Gasteiger partial charge is 0.0681 e. The van der Waals surface area contributed by atoms with Crippen molar-refractivity contribution in [2.45, 2.75) is 44.9 Å². The molecule has 0 fully saturated rings. The van der Waals surface area contributed by atoms with Gasteiger partial charge in [-0.25, -0.2) is 11.0 Å². The van der Waals surface area contributed by atoms with Crippen molar-refractivity contribution < 1.29 is 0 Å². The van der Waals surface area contributed by atoms with Crippen LogP contribution in [-0.4, -0.2) is 12.3 Å². The molecule has 0 saturated carbocycles. The Morgan fingerprint density at radius 2 is 2.06 bits per heavy atom. The molecule has 18 heavy (non-hydrogen) atoms. The molecule has 0 atom stereocenters. The van der Waals surface area contributed by atoms with E-state index in [0.29, 0.717) is 0 Å². The molecule has 0 spiro atoms. The SMILES string of the molecule is C1=C(\C2=N/N=N\NNCCC2)CCCCC/C=C/1. The maximum Gasteiger partial charge on any atom is 0.0681 e. The number of hydrazine groups is 1. The molecule has 5 heteroatoms. The van der Waals surface area contributed by atoms with Crippen LogP contribution in [0.1, 0.15) is 44.9 Å². The molecule has 0 bridgehead atoms. The molecule has 0 radical (unpaired) electrons. The van der Waals surface area contributed by atoms with E-state index in [9.17, 15) is 0 Å². The van der Waals surface area contributed by atoms with Gasteiger partial charge >= 0.3 is 0 Å². The third-order valence-corrected chi connectivity index (χ3v) is 3.18. The van der Waals surface area contributed by atoms with Gasteiger partial charge in [-0.3, -0.25) is 0 Å². The summed E-state index contributed by atoms with van der Waals surface area (Å²) in [6.07, 6.45) is 14.7. The highest BCUT2D eigenvalue weighted by molar-refractivity contribution is 6.00. The Kier molecular flexibility index (Phi) is 5.59. The monoisotopic (exact) mass is 247 g/mol. The third-order valence-electron chi connectivity index (χ3n) is 3.18. The van der Waals surface area contributed by atoms with Crippen LogP contribution in [0.5, 0.6) is 0 Å². The van der Waals surface area contributed by atoms with Crippen LogP contribution < -0.4 is 11.0 Å². The van der Waals surface area contributed by atoms with Crippen LogP contribution in [0, 0.1) is 0 Å². The summed E-state index contributed by atoms with van der Waals surface area (Å²) < 4.78 is 0. The molecule has 0 amide bonds. The minimum absolute atomic E-state index is 0.876. The fourth-order valence-electron chi connectivity index (χ4n) is 2.17. The topological polar surface area (TPSA) is 61.1 Å². The first-order valence-corrected chi connectivity index (χ1v) is 6.77. The van der Waals surface area contributed by atoms with Crippen LogP contribution in [0.25, 0.3) is 0 Å². The predicted molar refractivity (Wildman–Crippen MR) is 73.0 cm³/mol. The fraction of sp³-hybridized carbons (Fsp3) is 0.615. The molecule has 2 rings (SSSR count). The number of allylic oxidation sites excluding steroid dienone is 4. The highest BCUT2D eigenvalue weighted by Crippen LogP contribution is 2.17. The minimum atomic E-state index is 0.876. The van der Waals surface area contributed by atoms with Crippen LogP contribution in [0.4, 0.5) is 0 Å². The summed E-state index contributed by atoms with van der Waals surface area (Å²) in [5.74, 6) is 0. The quantitative estimate of drug-likeness (QED) is 0.748. The van der Waals surface area contributed by atoms with E-state index >= 15 is 0 Å². The van der Waals surface area contributed by atoms with Crippen molar-refractivity contribution in [2.24, 2.45) is 15.5 Å². The molecule has 98 valence electrons. The van der Waals surface area contributed by atoms with E-state index in [0.717, 1.165) is 31.5 Å². The van der Waals surface area contributed by atoms with Crippen molar-refractivity contribution in [1.82, 2.24) is 11.0 Å². The second-order valence-electron chi connectivity index (χ2n) is 4.60. The molecule has 2 aliphatic rings. The molecule has 1 aliphatic carbocycles. The molecule has 0 aromatic heterocycles. The molecular weight excluding hydrogens is 226 g/mol. The van der Waals surface area contributed by atoms with Gasteiger partial charge in [0, 0.05) is 6.54 Å². The van der Waals surface area contributed by atoms with E-state index in [-0.39, 0.29) is 0 Å². The van der Waals surface area contributed by atoms with Gasteiger partial charge < -0.3 is 0 Å². The second kappa shape index (κ2) is 7.76. The van der Waals surface area contributed by atoms with E-state index in [1.165, 1.54) is 31.3 Å². The number of nitrogens with one attached hydrogen (secondary N) is 2. The maximum absolute atomic E-state index is 4.24. The molecule has 0 unspecified atom stereocenters. The molecule has 0 aromatic carbocycles. The normalized spacial score (nSPS) is 31.6. The molecular formula is C13H21N5. The largest absolute Gasteiger partial charge is 0.223 e. The number of rotatable bonds is 1. The first kappa shape index (κ1) is 13.0. The van der Waals surface area contributed by atoms with Crippen LogP contribution >= 0.6 is 0 Å². The summed E-state index contributed by atoms with van der Waals surface area (Å²) in [5.41, 5.74) is 8.01. The molecule has 1 aliphatic heterocycles.